The second kappa shape index (κ2) is 7.24. The van der Waals surface area contributed by atoms with Crippen molar-refractivity contribution < 1.29 is 8.42 Å². The summed E-state index contributed by atoms with van der Waals surface area (Å²) in [5.41, 5.74) is 5.69. The summed E-state index contributed by atoms with van der Waals surface area (Å²) in [6, 6.07) is 5.86. The van der Waals surface area contributed by atoms with Gasteiger partial charge in [-0.2, -0.15) is 0 Å². The third-order valence-corrected chi connectivity index (χ3v) is 5.06. The molecule has 1 unspecified atom stereocenters. The zero-order valence-corrected chi connectivity index (χ0v) is 12.8. The van der Waals surface area contributed by atoms with Crippen molar-refractivity contribution in [3.05, 3.63) is 29.3 Å². The molecule has 0 bridgehead atoms. The number of hydrogen-bond donors (Lipinski definition) is 2. The van der Waals surface area contributed by atoms with Crippen LogP contribution < -0.4 is 10.5 Å². The molecule has 108 valence electrons. The Hall–Kier alpha value is -0.620. The minimum atomic E-state index is -3.54. The van der Waals surface area contributed by atoms with E-state index in [1.165, 1.54) is 12.1 Å². The maximum atomic E-state index is 12.2. The molecule has 0 aliphatic heterocycles. The molecule has 3 N–H and O–H groups in total. The molecule has 0 saturated heterocycles. The monoisotopic (exact) mass is 304 g/mol. The Morgan fingerprint density at radius 2 is 1.74 bits per heavy atom. The van der Waals surface area contributed by atoms with Crippen molar-refractivity contribution >= 4 is 21.6 Å². The first-order valence-corrected chi connectivity index (χ1v) is 8.28. The van der Waals surface area contributed by atoms with Gasteiger partial charge in [-0.15, -0.1) is 0 Å². The first kappa shape index (κ1) is 16.4. The van der Waals surface area contributed by atoms with E-state index in [1.54, 1.807) is 12.1 Å². The average molecular weight is 305 g/mol. The molecule has 0 aliphatic carbocycles. The van der Waals surface area contributed by atoms with Gasteiger partial charge < -0.3 is 5.73 Å². The van der Waals surface area contributed by atoms with E-state index in [9.17, 15) is 8.42 Å². The van der Waals surface area contributed by atoms with Crippen LogP contribution in [0.4, 0.5) is 0 Å². The van der Waals surface area contributed by atoms with Crippen LogP contribution in [0.3, 0.4) is 0 Å². The Morgan fingerprint density at radius 1 is 1.21 bits per heavy atom. The number of benzene rings is 1. The quantitative estimate of drug-likeness (QED) is 0.812. The highest BCUT2D eigenvalue weighted by Gasteiger charge is 2.24. The predicted molar refractivity (Wildman–Crippen MR) is 78.7 cm³/mol. The summed E-state index contributed by atoms with van der Waals surface area (Å²) in [5.74, 6) is 0.243. The summed E-state index contributed by atoms with van der Waals surface area (Å²) in [6.45, 7) is 4.36. The molecule has 1 aromatic carbocycles. The van der Waals surface area contributed by atoms with Gasteiger partial charge in [0.2, 0.25) is 10.0 Å². The van der Waals surface area contributed by atoms with E-state index in [0.29, 0.717) is 11.6 Å². The topological polar surface area (TPSA) is 72.2 Å². The SMILES string of the molecule is CCC(CC)C(CN)NS(=O)(=O)c1ccc(Cl)cc1. The molecule has 1 rings (SSSR count). The smallest absolute Gasteiger partial charge is 0.240 e. The van der Waals surface area contributed by atoms with Gasteiger partial charge in [0.1, 0.15) is 0 Å². The van der Waals surface area contributed by atoms with Crippen LogP contribution in [0.25, 0.3) is 0 Å². The fraction of sp³-hybridized carbons (Fsp3) is 0.538. The number of rotatable bonds is 7. The Kier molecular flexibility index (Phi) is 6.26. The van der Waals surface area contributed by atoms with Gasteiger partial charge in [-0.1, -0.05) is 38.3 Å². The molecule has 0 aromatic heterocycles. The number of hydrogen-bond acceptors (Lipinski definition) is 3. The third-order valence-electron chi connectivity index (χ3n) is 3.30. The summed E-state index contributed by atoms with van der Waals surface area (Å²) in [7, 11) is -3.54. The lowest BCUT2D eigenvalue weighted by Crippen LogP contribution is -2.44. The summed E-state index contributed by atoms with van der Waals surface area (Å²) in [6.07, 6.45) is 1.78. The highest BCUT2D eigenvalue weighted by Crippen LogP contribution is 2.17. The lowest BCUT2D eigenvalue weighted by molar-refractivity contribution is 0.375. The van der Waals surface area contributed by atoms with Crippen LogP contribution in [0.1, 0.15) is 26.7 Å². The third kappa shape index (κ3) is 4.45. The van der Waals surface area contributed by atoms with Crippen LogP contribution in [0, 0.1) is 5.92 Å². The molecule has 0 fully saturated rings. The Balaban J connectivity index is 2.91. The molecule has 1 aromatic rings. The van der Waals surface area contributed by atoms with E-state index < -0.39 is 10.0 Å². The fourth-order valence-electron chi connectivity index (χ4n) is 2.08. The first-order chi connectivity index (χ1) is 8.94. The molecule has 19 heavy (non-hydrogen) atoms. The Morgan fingerprint density at radius 3 is 2.16 bits per heavy atom. The van der Waals surface area contributed by atoms with E-state index in [0.717, 1.165) is 12.8 Å². The number of nitrogens with one attached hydrogen (secondary N) is 1. The Bertz CT molecular complexity index is 484. The van der Waals surface area contributed by atoms with Crippen molar-refractivity contribution in [3.8, 4) is 0 Å². The van der Waals surface area contributed by atoms with Gasteiger partial charge in [0.05, 0.1) is 4.90 Å². The van der Waals surface area contributed by atoms with E-state index in [1.807, 2.05) is 13.8 Å². The van der Waals surface area contributed by atoms with E-state index in [2.05, 4.69) is 4.72 Å². The van der Waals surface area contributed by atoms with Crippen LogP contribution in [0.15, 0.2) is 29.2 Å². The van der Waals surface area contributed by atoms with E-state index >= 15 is 0 Å². The molecular formula is C13H21ClN2O2S. The van der Waals surface area contributed by atoms with Gasteiger partial charge >= 0.3 is 0 Å². The zero-order chi connectivity index (χ0) is 14.5. The van der Waals surface area contributed by atoms with Gasteiger partial charge in [0.25, 0.3) is 0 Å². The van der Waals surface area contributed by atoms with Crippen LogP contribution in [0.2, 0.25) is 5.02 Å². The van der Waals surface area contributed by atoms with Crippen LogP contribution in [0.5, 0.6) is 0 Å². The summed E-state index contributed by atoms with van der Waals surface area (Å²) in [5, 5.41) is 0.509. The zero-order valence-electron chi connectivity index (χ0n) is 11.3. The summed E-state index contributed by atoms with van der Waals surface area (Å²) >= 11 is 5.75. The largest absolute Gasteiger partial charge is 0.329 e. The molecule has 0 aliphatic rings. The van der Waals surface area contributed by atoms with E-state index in [-0.39, 0.29) is 16.9 Å². The lowest BCUT2D eigenvalue weighted by Gasteiger charge is -2.24. The van der Waals surface area contributed by atoms with Gasteiger partial charge in [-0.05, 0) is 30.2 Å². The summed E-state index contributed by atoms with van der Waals surface area (Å²) < 4.78 is 27.2. The van der Waals surface area contributed by atoms with Crippen LogP contribution in [-0.2, 0) is 10.0 Å². The normalized spacial score (nSPS) is 13.7. The molecular weight excluding hydrogens is 284 g/mol. The maximum absolute atomic E-state index is 12.2. The molecule has 0 heterocycles. The van der Waals surface area contributed by atoms with Crippen molar-refractivity contribution in [2.75, 3.05) is 6.54 Å². The minimum Gasteiger partial charge on any atom is -0.329 e. The second-order valence-electron chi connectivity index (χ2n) is 4.49. The lowest BCUT2D eigenvalue weighted by atomic mass is 9.95. The van der Waals surface area contributed by atoms with Crippen LogP contribution >= 0.6 is 11.6 Å². The number of nitrogens with two attached hydrogens (primary N) is 1. The van der Waals surface area contributed by atoms with Crippen molar-refractivity contribution in [1.82, 2.24) is 4.72 Å². The first-order valence-electron chi connectivity index (χ1n) is 6.42. The maximum Gasteiger partial charge on any atom is 0.240 e. The van der Waals surface area contributed by atoms with Crippen LogP contribution in [-0.4, -0.2) is 21.0 Å². The molecule has 6 heteroatoms. The molecule has 0 saturated carbocycles. The average Bonchev–Trinajstić information content (AvgIpc) is 2.39. The standard InChI is InChI=1S/C13H21ClN2O2S/c1-3-10(4-2)13(9-15)16-19(17,18)12-7-5-11(14)6-8-12/h5-8,10,13,16H,3-4,9,15H2,1-2H3. The summed E-state index contributed by atoms with van der Waals surface area (Å²) in [4.78, 5) is 0.210. The molecule has 0 spiro atoms. The fourth-order valence-corrected chi connectivity index (χ4v) is 3.52. The van der Waals surface area contributed by atoms with Crippen molar-refractivity contribution in [2.45, 2.75) is 37.6 Å². The van der Waals surface area contributed by atoms with Gasteiger partial charge in [0, 0.05) is 17.6 Å². The Labute approximate surface area is 120 Å². The van der Waals surface area contributed by atoms with Crippen molar-refractivity contribution in [2.24, 2.45) is 11.7 Å². The number of halogens is 1. The van der Waals surface area contributed by atoms with Crippen molar-refractivity contribution in [1.29, 1.82) is 0 Å². The predicted octanol–water partition coefficient (Wildman–Crippen LogP) is 2.38. The van der Waals surface area contributed by atoms with Gasteiger partial charge in [-0.25, -0.2) is 13.1 Å². The molecule has 0 radical (unpaired) electrons. The molecule has 4 nitrogen and oxygen atoms in total. The van der Waals surface area contributed by atoms with Crippen molar-refractivity contribution in [3.63, 3.8) is 0 Å². The number of sulfonamides is 1. The van der Waals surface area contributed by atoms with E-state index in [4.69, 9.17) is 17.3 Å². The molecule has 1 atom stereocenters. The highest BCUT2D eigenvalue weighted by atomic mass is 35.5. The molecule has 0 amide bonds. The highest BCUT2D eigenvalue weighted by molar-refractivity contribution is 7.89. The second-order valence-corrected chi connectivity index (χ2v) is 6.64. The van der Waals surface area contributed by atoms with Gasteiger partial charge in [0.15, 0.2) is 0 Å². The minimum absolute atomic E-state index is 0.210. The van der Waals surface area contributed by atoms with Gasteiger partial charge in [-0.3, -0.25) is 0 Å².